The second-order valence-electron chi connectivity index (χ2n) is 2.23. The quantitative estimate of drug-likeness (QED) is 0.572. The van der Waals surface area contributed by atoms with Crippen LogP contribution < -0.4 is 5.59 Å². The molecule has 5 heteroatoms. The van der Waals surface area contributed by atoms with Crippen LogP contribution in [0.5, 0.6) is 0 Å². The van der Waals surface area contributed by atoms with Crippen LogP contribution >= 0.6 is 11.6 Å². The first-order chi connectivity index (χ1) is 5.11. The first-order valence-electron chi connectivity index (χ1n) is 3.09. The van der Waals surface area contributed by atoms with Crippen LogP contribution in [0.3, 0.4) is 0 Å². The predicted molar refractivity (Wildman–Crippen MR) is 43.8 cm³/mol. The summed E-state index contributed by atoms with van der Waals surface area (Å²) >= 11 is 5.70. The number of rotatable bonds is 1. The van der Waals surface area contributed by atoms with E-state index in [1.54, 1.807) is 6.92 Å². The third kappa shape index (κ3) is 1.93. The molecule has 1 aromatic heterocycles. The number of pyridine rings is 1. The van der Waals surface area contributed by atoms with Gasteiger partial charge in [-0.05, 0) is 18.6 Å². The number of aromatic nitrogens is 1. The van der Waals surface area contributed by atoms with Gasteiger partial charge in [0, 0.05) is 11.2 Å². The molecule has 0 spiro atoms. The zero-order valence-electron chi connectivity index (χ0n) is 5.95. The highest BCUT2D eigenvalue weighted by Gasteiger charge is 2.13. The van der Waals surface area contributed by atoms with Crippen LogP contribution in [0.1, 0.15) is 5.56 Å². The summed E-state index contributed by atoms with van der Waals surface area (Å²) in [7, 11) is -1.55. The van der Waals surface area contributed by atoms with Crippen molar-refractivity contribution in [2.24, 2.45) is 0 Å². The molecule has 11 heavy (non-hydrogen) atoms. The van der Waals surface area contributed by atoms with Crippen molar-refractivity contribution in [3.05, 3.63) is 22.8 Å². The minimum atomic E-state index is -1.55. The van der Waals surface area contributed by atoms with E-state index in [-0.39, 0.29) is 5.59 Å². The summed E-state index contributed by atoms with van der Waals surface area (Å²) < 4.78 is 0. The van der Waals surface area contributed by atoms with Crippen molar-refractivity contribution in [1.82, 2.24) is 4.98 Å². The first kappa shape index (κ1) is 8.52. The van der Waals surface area contributed by atoms with E-state index >= 15 is 0 Å². The summed E-state index contributed by atoms with van der Waals surface area (Å²) in [4.78, 5) is 3.75. The molecule has 0 aliphatic carbocycles. The summed E-state index contributed by atoms with van der Waals surface area (Å²) in [6.07, 6.45) is 1.50. The standard InChI is InChI=1S/C6H7BClNO2/c1-4-3-9-6(7(10)11)2-5(4)8/h2-3,10-11H,1H3. The molecule has 0 aliphatic heterocycles. The smallest absolute Gasteiger partial charge is 0.422 e. The van der Waals surface area contributed by atoms with Crippen molar-refractivity contribution < 1.29 is 10.0 Å². The fourth-order valence-electron chi connectivity index (χ4n) is 0.655. The number of aryl methyl sites for hydroxylation is 1. The Morgan fingerprint density at radius 2 is 2.18 bits per heavy atom. The van der Waals surface area contributed by atoms with E-state index in [4.69, 9.17) is 21.6 Å². The van der Waals surface area contributed by atoms with E-state index in [9.17, 15) is 0 Å². The fourth-order valence-corrected chi connectivity index (χ4v) is 0.816. The van der Waals surface area contributed by atoms with Crippen molar-refractivity contribution in [2.75, 3.05) is 0 Å². The summed E-state index contributed by atoms with van der Waals surface area (Å²) in [5, 5.41) is 17.8. The average molecular weight is 171 g/mol. The van der Waals surface area contributed by atoms with Gasteiger partial charge in [-0.15, -0.1) is 0 Å². The van der Waals surface area contributed by atoms with E-state index in [1.807, 2.05) is 0 Å². The van der Waals surface area contributed by atoms with Gasteiger partial charge in [-0.25, -0.2) is 0 Å². The van der Waals surface area contributed by atoms with Gasteiger partial charge < -0.3 is 10.0 Å². The first-order valence-corrected chi connectivity index (χ1v) is 3.47. The van der Waals surface area contributed by atoms with Crippen molar-refractivity contribution >= 4 is 24.3 Å². The fraction of sp³-hybridized carbons (Fsp3) is 0.167. The van der Waals surface area contributed by atoms with Gasteiger partial charge in [0.15, 0.2) is 0 Å². The van der Waals surface area contributed by atoms with Crippen molar-refractivity contribution in [2.45, 2.75) is 6.92 Å². The third-order valence-electron chi connectivity index (χ3n) is 1.32. The Labute approximate surface area is 69.8 Å². The number of halogens is 1. The lowest BCUT2D eigenvalue weighted by atomic mass is 9.85. The molecular weight excluding hydrogens is 164 g/mol. The van der Waals surface area contributed by atoms with Crippen LogP contribution in [0.25, 0.3) is 0 Å². The summed E-state index contributed by atoms with van der Waals surface area (Å²) in [5.41, 5.74) is 0.983. The Balaban J connectivity index is 3.05. The highest BCUT2D eigenvalue weighted by Crippen LogP contribution is 2.09. The minimum Gasteiger partial charge on any atom is -0.422 e. The van der Waals surface area contributed by atoms with Crippen molar-refractivity contribution in [1.29, 1.82) is 0 Å². The van der Waals surface area contributed by atoms with Crippen LogP contribution in [0.15, 0.2) is 12.3 Å². The van der Waals surface area contributed by atoms with E-state index in [2.05, 4.69) is 4.98 Å². The predicted octanol–water partition coefficient (Wildman–Crippen LogP) is -0.277. The molecular formula is C6H7BClNO2. The maximum atomic E-state index is 8.67. The average Bonchev–Trinajstić information content (AvgIpc) is 1.94. The molecule has 0 radical (unpaired) electrons. The lowest BCUT2D eigenvalue weighted by Crippen LogP contribution is -2.32. The largest absolute Gasteiger partial charge is 0.508 e. The molecule has 2 N–H and O–H groups in total. The van der Waals surface area contributed by atoms with Gasteiger partial charge in [0.25, 0.3) is 0 Å². The molecule has 0 aliphatic rings. The zero-order chi connectivity index (χ0) is 8.43. The molecule has 58 valence electrons. The van der Waals surface area contributed by atoms with Crippen LogP contribution in [0, 0.1) is 6.92 Å². The normalized spacial score (nSPS) is 9.82. The topological polar surface area (TPSA) is 53.4 Å². The molecule has 0 saturated carbocycles. The highest BCUT2D eigenvalue weighted by atomic mass is 35.5. The second kappa shape index (κ2) is 3.22. The van der Waals surface area contributed by atoms with Gasteiger partial charge in [0.2, 0.25) is 0 Å². The van der Waals surface area contributed by atoms with Crippen LogP contribution in [-0.2, 0) is 0 Å². The maximum Gasteiger partial charge on any atom is 0.508 e. The minimum absolute atomic E-state index is 0.167. The van der Waals surface area contributed by atoms with Crippen LogP contribution in [0.4, 0.5) is 0 Å². The monoisotopic (exact) mass is 171 g/mol. The lowest BCUT2D eigenvalue weighted by molar-refractivity contribution is 0.424. The Morgan fingerprint density at radius 1 is 1.55 bits per heavy atom. The molecule has 0 aromatic carbocycles. The van der Waals surface area contributed by atoms with Crippen LogP contribution in [-0.4, -0.2) is 22.2 Å². The molecule has 1 rings (SSSR count). The summed E-state index contributed by atoms with van der Waals surface area (Å²) in [6, 6.07) is 1.43. The van der Waals surface area contributed by atoms with Crippen molar-refractivity contribution in [3.8, 4) is 0 Å². The molecule has 1 aromatic rings. The van der Waals surface area contributed by atoms with E-state index < -0.39 is 7.12 Å². The Hall–Kier alpha value is -0.575. The molecule has 0 bridgehead atoms. The Bertz CT molecular complexity index is 267. The molecule has 0 unspecified atom stereocenters. The number of nitrogens with zero attached hydrogens (tertiary/aromatic N) is 1. The van der Waals surface area contributed by atoms with Crippen LogP contribution in [0.2, 0.25) is 5.02 Å². The molecule has 0 fully saturated rings. The lowest BCUT2D eigenvalue weighted by Gasteiger charge is -2.00. The molecule has 0 saturated heterocycles. The highest BCUT2D eigenvalue weighted by molar-refractivity contribution is 6.57. The van der Waals surface area contributed by atoms with Gasteiger partial charge in [0.05, 0.1) is 5.59 Å². The van der Waals surface area contributed by atoms with Gasteiger partial charge >= 0.3 is 7.12 Å². The molecule has 1 heterocycles. The SMILES string of the molecule is Cc1cnc(B(O)O)cc1Cl. The second-order valence-corrected chi connectivity index (χ2v) is 2.64. The van der Waals surface area contributed by atoms with Gasteiger partial charge in [-0.3, -0.25) is 4.98 Å². The molecule has 0 amide bonds. The maximum absolute atomic E-state index is 8.67. The van der Waals surface area contributed by atoms with Crippen molar-refractivity contribution in [3.63, 3.8) is 0 Å². The van der Waals surface area contributed by atoms with E-state index in [0.717, 1.165) is 5.56 Å². The van der Waals surface area contributed by atoms with Gasteiger partial charge in [-0.1, -0.05) is 11.6 Å². The third-order valence-corrected chi connectivity index (χ3v) is 1.73. The summed E-state index contributed by atoms with van der Waals surface area (Å²) in [6.45, 7) is 1.79. The van der Waals surface area contributed by atoms with Gasteiger partial charge in [-0.2, -0.15) is 0 Å². The molecule has 0 atom stereocenters. The number of hydrogen-bond acceptors (Lipinski definition) is 3. The zero-order valence-corrected chi connectivity index (χ0v) is 6.71. The van der Waals surface area contributed by atoms with Gasteiger partial charge in [0.1, 0.15) is 0 Å². The molecule has 3 nitrogen and oxygen atoms in total. The van der Waals surface area contributed by atoms with E-state index in [0.29, 0.717) is 5.02 Å². The Morgan fingerprint density at radius 3 is 2.64 bits per heavy atom. The van der Waals surface area contributed by atoms with E-state index in [1.165, 1.54) is 12.3 Å². The number of hydrogen-bond donors (Lipinski definition) is 2. The summed E-state index contributed by atoms with van der Waals surface area (Å²) in [5.74, 6) is 0. The Kier molecular flexibility index (Phi) is 2.49.